The highest BCUT2D eigenvalue weighted by molar-refractivity contribution is 9.10. The summed E-state index contributed by atoms with van der Waals surface area (Å²) in [7, 11) is 0. The van der Waals surface area contributed by atoms with Crippen LogP contribution in [0.2, 0.25) is 0 Å². The molecule has 0 radical (unpaired) electrons. The number of thiocarbonyl (C=S) groups is 1. The van der Waals surface area contributed by atoms with E-state index >= 15 is 0 Å². The van der Waals surface area contributed by atoms with Gasteiger partial charge in [-0.2, -0.15) is 0 Å². The molecule has 1 aromatic carbocycles. The molecule has 1 aromatic rings. The minimum absolute atomic E-state index is 0.225. The highest BCUT2D eigenvalue weighted by Gasteiger charge is 2.23. The Morgan fingerprint density at radius 3 is 2.68 bits per heavy atom. The van der Waals surface area contributed by atoms with E-state index in [2.05, 4.69) is 20.8 Å². The molecule has 19 heavy (non-hydrogen) atoms. The van der Waals surface area contributed by atoms with Crippen LogP contribution in [0, 0.1) is 5.82 Å². The number of halogens is 2. The van der Waals surface area contributed by atoms with Crippen LogP contribution in [0.1, 0.15) is 31.2 Å². The van der Waals surface area contributed by atoms with Crippen LogP contribution in [0.15, 0.2) is 22.7 Å². The van der Waals surface area contributed by atoms with Crippen LogP contribution in [0.25, 0.3) is 0 Å². The van der Waals surface area contributed by atoms with Crippen molar-refractivity contribution in [2.45, 2.75) is 38.3 Å². The van der Waals surface area contributed by atoms with E-state index in [-0.39, 0.29) is 5.82 Å². The van der Waals surface area contributed by atoms with Gasteiger partial charge >= 0.3 is 0 Å². The molecular weight excluding hydrogens is 327 g/mol. The molecule has 1 fully saturated rings. The van der Waals surface area contributed by atoms with Gasteiger partial charge in [0, 0.05) is 23.6 Å². The van der Waals surface area contributed by atoms with Crippen LogP contribution in [0.4, 0.5) is 4.39 Å². The first-order chi connectivity index (χ1) is 9.06. The van der Waals surface area contributed by atoms with E-state index in [0.29, 0.717) is 17.6 Å². The summed E-state index contributed by atoms with van der Waals surface area (Å²) in [5.74, 6) is -0.225. The van der Waals surface area contributed by atoms with Crippen LogP contribution in [0.3, 0.4) is 0 Å². The van der Waals surface area contributed by atoms with Gasteiger partial charge in [0.25, 0.3) is 0 Å². The van der Waals surface area contributed by atoms with E-state index in [1.54, 1.807) is 0 Å². The standard InChI is InChI=1S/C14H18BrFN2S/c15-13-7-11(16)6-5-10(13)8-18(9-14(17)19)12-3-1-2-4-12/h5-7,12H,1-4,8-9H2,(H2,17,19). The SMILES string of the molecule is NC(=S)CN(Cc1ccc(F)cc1Br)C1CCCC1. The highest BCUT2D eigenvalue weighted by Crippen LogP contribution is 2.27. The molecule has 1 saturated carbocycles. The van der Waals surface area contributed by atoms with Gasteiger partial charge in [-0.15, -0.1) is 0 Å². The van der Waals surface area contributed by atoms with Crippen molar-refractivity contribution in [1.82, 2.24) is 4.90 Å². The summed E-state index contributed by atoms with van der Waals surface area (Å²) >= 11 is 8.46. The zero-order chi connectivity index (χ0) is 13.8. The molecule has 0 amide bonds. The molecular formula is C14H18BrFN2S. The van der Waals surface area contributed by atoms with E-state index < -0.39 is 0 Å². The van der Waals surface area contributed by atoms with Crippen LogP contribution in [-0.2, 0) is 6.54 Å². The van der Waals surface area contributed by atoms with Crippen molar-refractivity contribution < 1.29 is 4.39 Å². The summed E-state index contributed by atoms with van der Waals surface area (Å²) in [6.07, 6.45) is 4.93. The summed E-state index contributed by atoms with van der Waals surface area (Å²) in [6, 6.07) is 5.36. The maximum atomic E-state index is 13.1. The first-order valence-corrected chi connectivity index (χ1v) is 7.72. The second-order valence-electron chi connectivity index (χ2n) is 5.05. The monoisotopic (exact) mass is 344 g/mol. The number of rotatable bonds is 5. The summed E-state index contributed by atoms with van der Waals surface area (Å²) in [6.45, 7) is 1.38. The molecule has 0 saturated heterocycles. The Balaban J connectivity index is 2.12. The van der Waals surface area contributed by atoms with Crippen LogP contribution >= 0.6 is 28.1 Å². The molecule has 0 unspecified atom stereocenters. The lowest BCUT2D eigenvalue weighted by molar-refractivity contribution is 0.218. The summed E-state index contributed by atoms with van der Waals surface area (Å²) in [5, 5.41) is 0. The topological polar surface area (TPSA) is 29.3 Å². The van der Waals surface area contributed by atoms with Gasteiger partial charge in [0.15, 0.2) is 0 Å². The van der Waals surface area contributed by atoms with Crippen molar-refractivity contribution in [1.29, 1.82) is 0 Å². The number of benzene rings is 1. The number of hydrogen-bond donors (Lipinski definition) is 1. The zero-order valence-corrected chi connectivity index (χ0v) is 13.1. The van der Waals surface area contributed by atoms with Gasteiger partial charge in [-0.05, 0) is 30.5 Å². The minimum atomic E-state index is -0.225. The van der Waals surface area contributed by atoms with Crippen molar-refractivity contribution in [3.05, 3.63) is 34.1 Å². The molecule has 0 aromatic heterocycles. The molecule has 1 aliphatic rings. The van der Waals surface area contributed by atoms with Crippen molar-refractivity contribution in [3.8, 4) is 0 Å². The normalized spacial score (nSPS) is 16.2. The molecule has 1 aliphatic carbocycles. The molecule has 2 N–H and O–H groups in total. The first-order valence-electron chi connectivity index (χ1n) is 6.52. The van der Waals surface area contributed by atoms with Crippen molar-refractivity contribution >= 4 is 33.1 Å². The largest absolute Gasteiger partial charge is 0.392 e. The van der Waals surface area contributed by atoms with Gasteiger partial charge in [0.05, 0.1) is 4.99 Å². The predicted molar refractivity (Wildman–Crippen MR) is 83.6 cm³/mol. The molecule has 0 spiro atoms. The second kappa shape index (κ2) is 6.77. The first kappa shape index (κ1) is 14.9. The Hall–Kier alpha value is -0.520. The molecule has 104 valence electrons. The Morgan fingerprint density at radius 2 is 2.11 bits per heavy atom. The molecule has 0 atom stereocenters. The maximum Gasteiger partial charge on any atom is 0.124 e. The van der Waals surface area contributed by atoms with Crippen LogP contribution in [-0.4, -0.2) is 22.5 Å². The Labute approximate surface area is 127 Å². The number of hydrogen-bond acceptors (Lipinski definition) is 2. The third-order valence-electron chi connectivity index (χ3n) is 3.59. The maximum absolute atomic E-state index is 13.1. The van der Waals surface area contributed by atoms with Gasteiger partial charge in [0.1, 0.15) is 5.82 Å². The molecule has 5 heteroatoms. The second-order valence-corrected chi connectivity index (χ2v) is 6.42. The summed E-state index contributed by atoms with van der Waals surface area (Å²) in [5.41, 5.74) is 6.77. The fourth-order valence-electron chi connectivity index (χ4n) is 2.65. The smallest absolute Gasteiger partial charge is 0.124 e. The van der Waals surface area contributed by atoms with E-state index in [4.69, 9.17) is 18.0 Å². The quantitative estimate of drug-likeness (QED) is 0.827. The van der Waals surface area contributed by atoms with Gasteiger partial charge in [-0.1, -0.05) is 47.1 Å². The molecule has 0 bridgehead atoms. The average molecular weight is 345 g/mol. The summed E-state index contributed by atoms with van der Waals surface area (Å²) in [4.78, 5) is 2.83. The fourth-order valence-corrected chi connectivity index (χ4v) is 3.29. The van der Waals surface area contributed by atoms with Gasteiger partial charge in [-0.25, -0.2) is 4.39 Å². The van der Waals surface area contributed by atoms with E-state index in [0.717, 1.165) is 16.6 Å². The van der Waals surface area contributed by atoms with Gasteiger partial charge < -0.3 is 5.73 Å². The lowest BCUT2D eigenvalue weighted by Crippen LogP contribution is -2.38. The Bertz CT molecular complexity index is 461. The molecule has 0 aliphatic heterocycles. The molecule has 2 rings (SSSR count). The molecule has 0 heterocycles. The average Bonchev–Trinajstić information content (AvgIpc) is 2.84. The third-order valence-corrected chi connectivity index (χ3v) is 4.46. The predicted octanol–water partition coefficient (Wildman–Crippen LogP) is 3.62. The van der Waals surface area contributed by atoms with Gasteiger partial charge in [-0.3, -0.25) is 4.90 Å². The van der Waals surface area contributed by atoms with E-state index in [9.17, 15) is 4.39 Å². The molecule has 2 nitrogen and oxygen atoms in total. The Morgan fingerprint density at radius 1 is 1.42 bits per heavy atom. The van der Waals surface area contributed by atoms with Crippen molar-refractivity contribution in [2.75, 3.05) is 6.54 Å². The minimum Gasteiger partial charge on any atom is -0.392 e. The van der Waals surface area contributed by atoms with E-state index in [1.165, 1.54) is 37.8 Å². The third kappa shape index (κ3) is 4.23. The fraction of sp³-hybridized carbons (Fsp3) is 0.500. The number of nitrogens with two attached hydrogens (primary N) is 1. The summed E-state index contributed by atoms with van der Waals surface area (Å²) < 4.78 is 13.9. The van der Waals surface area contributed by atoms with Crippen molar-refractivity contribution in [3.63, 3.8) is 0 Å². The Kier molecular flexibility index (Phi) is 5.30. The van der Waals surface area contributed by atoms with Gasteiger partial charge in [0.2, 0.25) is 0 Å². The van der Waals surface area contributed by atoms with E-state index in [1.807, 2.05) is 6.07 Å². The zero-order valence-electron chi connectivity index (χ0n) is 10.7. The van der Waals surface area contributed by atoms with Crippen LogP contribution < -0.4 is 5.73 Å². The lowest BCUT2D eigenvalue weighted by Gasteiger charge is -2.28. The van der Waals surface area contributed by atoms with Crippen LogP contribution in [0.5, 0.6) is 0 Å². The lowest BCUT2D eigenvalue weighted by atomic mass is 10.1. The number of nitrogens with zero attached hydrogens (tertiary/aromatic N) is 1. The van der Waals surface area contributed by atoms with Crippen molar-refractivity contribution in [2.24, 2.45) is 5.73 Å². The highest BCUT2D eigenvalue weighted by atomic mass is 79.9.